The number of phenols is 1. The Labute approximate surface area is 176 Å². The maximum Gasteiger partial charge on any atom is 0.328 e. The largest absolute Gasteiger partial charge is 0.508 e. The SMILES string of the molecule is O=C(O)C=CC1=CC=C(C(=C(CCCl)c2ccccc2)c2ccc(O)cc2)CC1. The van der Waals surface area contributed by atoms with Gasteiger partial charge in [0.2, 0.25) is 0 Å². The Balaban J connectivity index is 2.13. The predicted octanol–water partition coefficient (Wildman–Crippen LogP) is 6.22. The molecule has 3 nitrogen and oxygen atoms in total. The van der Waals surface area contributed by atoms with Crippen molar-refractivity contribution >= 4 is 28.7 Å². The van der Waals surface area contributed by atoms with Crippen LogP contribution >= 0.6 is 11.6 Å². The Morgan fingerprint density at radius 3 is 2.28 bits per heavy atom. The molecule has 0 saturated carbocycles. The predicted molar refractivity (Wildman–Crippen MR) is 119 cm³/mol. The van der Waals surface area contributed by atoms with Gasteiger partial charge in [-0.3, -0.25) is 0 Å². The van der Waals surface area contributed by atoms with Crippen molar-refractivity contribution in [3.63, 3.8) is 0 Å². The summed E-state index contributed by atoms with van der Waals surface area (Å²) in [6.45, 7) is 0. The summed E-state index contributed by atoms with van der Waals surface area (Å²) in [5.41, 5.74) is 6.59. The highest BCUT2D eigenvalue weighted by Crippen LogP contribution is 2.39. The van der Waals surface area contributed by atoms with Crippen molar-refractivity contribution in [2.45, 2.75) is 19.3 Å². The van der Waals surface area contributed by atoms with E-state index in [1.165, 1.54) is 11.6 Å². The first-order chi connectivity index (χ1) is 14.1. The molecular formula is C25H23ClO3. The van der Waals surface area contributed by atoms with E-state index >= 15 is 0 Å². The highest BCUT2D eigenvalue weighted by Gasteiger charge is 2.17. The molecule has 0 unspecified atom stereocenters. The minimum absolute atomic E-state index is 0.227. The molecule has 0 amide bonds. The molecule has 29 heavy (non-hydrogen) atoms. The van der Waals surface area contributed by atoms with E-state index in [2.05, 4.69) is 18.2 Å². The van der Waals surface area contributed by atoms with Gasteiger partial charge in [0.15, 0.2) is 0 Å². The van der Waals surface area contributed by atoms with Crippen LogP contribution in [0.25, 0.3) is 11.1 Å². The maximum absolute atomic E-state index is 10.8. The lowest BCUT2D eigenvalue weighted by molar-refractivity contribution is -0.131. The molecule has 0 aromatic heterocycles. The third-order valence-corrected chi connectivity index (χ3v) is 5.06. The zero-order chi connectivity index (χ0) is 20.6. The van der Waals surface area contributed by atoms with Crippen LogP contribution < -0.4 is 0 Å². The number of phenolic OH excluding ortho intramolecular Hbond substituents is 1. The zero-order valence-corrected chi connectivity index (χ0v) is 16.8. The number of carboxylic acids is 1. The molecule has 4 heteroatoms. The first-order valence-corrected chi connectivity index (χ1v) is 10.1. The van der Waals surface area contributed by atoms with Gasteiger partial charge < -0.3 is 10.2 Å². The normalized spacial score (nSPS) is 14.9. The monoisotopic (exact) mass is 406 g/mol. The van der Waals surface area contributed by atoms with Crippen LogP contribution in [-0.4, -0.2) is 22.1 Å². The number of hydrogen-bond acceptors (Lipinski definition) is 2. The number of carboxylic acid groups (broad SMARTS) is 1. The highest BCUT2D eigenvalue weighted by atomic mass is 35.5. The number of halogens is 1. The Bertz CT molecular complexity index is 980. The Hall–Kier alpha value is -3.04. The second-order valence-corrected chi connectivity index (χ2v) is 7.19. The fraction of sp³-hybridized carbons (Fsp3) is 0.160. The van der Waals surface area contributed by atoms with Gasteiger partial charge >= 0.3 is 5.97 Å². The van der Waals surface area contributed by atoms with E-state index in [9.17, 15) is 9.90 Å². The quantitative estimate of drug-likeness (QED) is 0.326. The molecule has 0 bridgehead atoms. The van der Waals surface area contributed by atoms with Crippen LogP contribution in [0.3, 0.4) is 0 Å². The van der Waals surface area contributed by atoms with Crippen molar-refractivity contribution in [3.8, 4) is 5.75 Å². The second-order valence-electron chi connectivity index (χ2n) is 6.81. The number of aromatic hydroxyl groups is 1. The first kappa shape index (κ1) is 20.7. The molecule has 0 radical (unpaired) electrons. The summed E-state index contributed by atoms with van der Waals surface area (Å²) in [5, 5.41) is 18.6. The van der Waals surface area contributed by atoms with Gasteiger partial charge in [0.1, 0.15) is 5.75 Å². The number of allylic oxidation sites excluding steroid dienone is 7. The van der Waals surface area contributed by atoms with Crippen LogP contribution in [-0.2, 0) is 4.79 Å². The van der Waals surface area contributed by atoms with E-state index in [-0.39, 0.29) is 5.75 Å². The van der Waals surface area contributed by atoms with Gasteiger partial charge in [-0.05, 0) is 64.8 Å². The maximum atomic E-state index is 10.8. The lowest BCUT2D eigenvalue weighted by atomic mass is 9.83. The summed E-state index contributed by atoms with van der Waals surface area (Å²) in [5.74, 6) is -0.217. The van der Waals surface area contributed by atoms with Crippen LogP contribution in [0, 0.1) is 0 Å². The van der Waals surface area contributed by atoms with E-state index in [4.69, 9.17) is 16.7 Å². The van der Waals surface area contributed by atoms with Gasteiger partial charge in [0, 0.05) is 12.0 Å². The molecule has 0 saturated heterocycles. The third kappa shape index (κ3) is 5.49. The molecule has 3 rings (SSSR count). The van der Waals surface area contributed by atoms with E-state index in [0.717, 1.165) is 40.7 Å². The molecule has 1 aliphatic carbocycles. The van der Waals surface area contributed by atoms with Crippen LogP contribution in [0.5, 0.6) is 5.75 Å². The summed E-state index contributed by atoms with van der Waals surface area (Å²) >= 11 is 6.17. The van der Waals surface area contributed by atoms with Crippen molar-refractivity contribution in [3.05, 3.63) is 101 Å². The van der Waals surface area contributed by atoms with Crippen molar-refractivity contribution in [2.24, 2.45) is 0 Å². The molecule has 0 aliphatic heterocycles. The van der Waals surface area contributed by atoms with Gasteiger partial charge in [0.05, 0.1) is 0 Å². The van der Waals surface area contributed by atoms with E-state index < -0.39 is 5.97 Å². The fourth-order valence-electron chi connectivity index (χ4n) is 3.51. The van der Waals surface area contributed by atoms with Crippen LogP contribution in [0.15, 0.2) is 90.0 Å². The molecule has 148 valence electrons. The van der Waals surface area contributed by atoms with E-state index in [0.29, 0.717) is 12.3 Å². The molecule has 2 aromatic carbocycles. The van der Waals surface area contributed by atoms with Crippen LogP contribution in [0.1, 0.15) is 30.4 Å². The average Bonchev–Trinajstić information content (AvgIpc) is 2.74. The molecule has 0 fully saturated rings. The van der Waals surface area contributed by atoms with Crippen LogP contribution in [0.4, 0.5) is 0 Å². The molecular weight excluding hydrogens is 384 g/mol. The van der Waals surface area contributed by atoms with Gasteiger partial charge in [-0.2, -0.15) is 0 Å². The van der Waals surface area contributed by atoms with E-state index in [1.54, 1.807) is 18.2 Å². The average molecular weight is 407 g/mol. The molecule has 1 aliphatic rings. The van der Waals surface area contributed by atoms with Crippen molar-refractivity contribution in [1.82, 2.24) is 0 Å². The number of alkyl halides is 1. The summed E-state index contributed by atoms with van der Waals surface area (Å²) in [7, 11) is 0. The van der Waals surface area contributed by atoms with Gasteiger partial charge in [0.25, 0.3) is 0 Å². The third-order valence-electron chi connectivity index (χ3n) is 4.87. The standard InChI is InChI=1S/C25H23ClO3/c26-17-16-23(19-4-2-1-3-5-19)25(21-11-13-22(27)14-12-21)20-9-6-18(7-10-20)8-15-24(28)29/h1-6,8-9,11-15,27H,7,10,16-17H2,(H,28,29). The molecule has 0 heterocycles. The van der Waals surface area contributed by atoms with Crippen molar-refractivity contribution < 1.29 is 15.0 Å². The fourth-order valence-corrected chi connectivity index (χ4v) is 3.70. The summed E-state index contributed by atoms with van der Waals surface area (Å²) in [4.78, 5) is 10.8. The molecule has 0 atom stereocenters. The lowest BCUT2D eigenvalue weighted by Crippen LogP contribution is -2.01. The molecule has 2 aromatic rings. The summed E-state index contributed by atoms with van der Waals surface area (Å²) in [6, 6.07) is 17.4. The van der Waals surface area contributed by atoms with Crippen molar-refractivity contribution in [2.75, 3.05) is 5.88 Å². The molecule has 2 N–H and O–H groups in total. The summed E-state index contributed by atoms with van der Waals surface area (Å²) in [6.07, 6.45) is 9.13. The first-order valence-electron chi connectivity index (χ1n) is 9.53. The Kier molecular flexibility index (Phi) is 7.09. The van der Waals surface area contributed by atoms with Crippen LogP contribution in [0.2, 0.25) is 0 Å². The van der Waals surface area contributed by atoms with Crippen molar-refractivity contribution in [1.29, 1.82) is 0 Å². The minimum Gasteiger partial charge on any atom is -0.508 e. The minimum atomic E-state index is -0.946. The number of benzene rings is 2. The van der Waals surface area contributed by atoms with Gasteiger partial charge in [-0.15, -0.1) is 11.6 Å². The smallest absolute Gasteiger partial charge is 0.328 e. The lowest BCUT2D eigenvalue weighted by Gasteiger charge is -2.21. The number of aliphatic carboxylic acids is 1. The number of hydrogen-bond donors (Lipinski definition) is 2. The topological polar surface area (TPSA) is 57.5 Å². The number of carbonyl (C=O) groups is 1. The second kappa shape index (κ2) is 9.94. The summed E-state index contributed by atoms with van der Waals surface area (Å²) < 4.78 is 0. The van der Waals surface area contributed by atoms with E-state index in [1.807, 2.05) is 36.4 Å². The zero-order valence-electron chi connectivity index (χ0n) is 16.0. The highest BCUT2D eigenvalue weighted by molar-refractivity contribution is 6.18. The number of rotatable bonds is 7. The Morgan fingerprint density at radius 2 is 1.69 bits per heavy atom. The van der Waals surface area contributed by atoms with Gasteiger partial charge in [-0.25, -0.2) is 4.79 Å². The molecule has 0 spiro atoms. The van der Waals surface area contributed by atoms with Gasteiger partial charge in [-0.1, -0.05) is 60.7 Å². The Morgan fingerprint density at radius 1 is 0.966 bits per heavy atom.